The number of hydrogen-bond donors (Lipinski definition) is 3. The van der Waals surface area contributed by atoms with Crippen LogP contribution in [0.15, 0.2) is 0 Å². The van der Waals surface area contributed by atoms with E-state index in [1.165, 1.54) is 0 Å². The number of carbonyl (C=O) groups excluding carboxylic acids is 1. The molecule has 2 rings (SSSR count). The van der Waals surface area contributed by atoms with Crippen molar-refractivity contribution >= 4 is 5.78 Å². The number of aliphatic hydroxyl groups is 3. The molecule has 92 valence electrons. The van der Waals surface area contributed by atoms with Crippen molar-refractivity contribution < 1.29 is 24.9 Å². The van der Waals surface area contributed by atoms with E-state index in [0.29, 0.717) is 6.42 Å². The molecule has 4 atom stereocenters. The summed E-state index contributed by atoms with van der Waals surface area (Å²) in [7, 11) is 0. The van der Waals surface area contributed by atoms with Gasteiger partial charge in [-0.25, -0.2) is 0 Å². The molecule has 1 aliphatic carbocycles. The predicted octanol–water partition coefficient (Wildman–Crippen LogP) is -0.425. The van der Waals surface area contributed by atoms with Gasteiger partial charge in [-0.2, -0.15) is 0 Å². The topological polar surface area (TPSA) is 87.0 Å². The van der Waals surface area contributed by atoms with Crippen molar-refractivity contribution in [1.82, 2.24) is 0 Å². The summed E-state index contributed by atoms with van der Waals surface area (Å²) < 4.78 is 5.17. The molecular weight excluding hydrogens is 212 g/mol. The molecule has 0 radical (unpaired) electrons. The van der Waals surface area contributed by atoms with Gasteiger partial charge in [0.15, 0.2) is 5.60 Å². The third kappa shape index (κ3) is 1.17. The number of Topliss-reactive ketones (excluding diaryl/α,β-unsaturated/α-hetero) is 1. The smallest absolute Gasteiger partial charge is 0.223 e. The third-order valence-corrected chi connectivity index (χ3v) is 4.07. The van der Waals surface area contributed by atoms with Crippen LogP contribution >= 0.6 is 0 Å². The Hall–Kier alpha value is -0.490. The molecule has 0 amide bonds. The third-order valence-electron chi connectivity index (χ3n) is 4.07. The Morgan fingerprint density at radius 1 is 1.25 bits per heavy atom. The van der Waals surface area contributed by atoms with Crippen molar-refractivity contribution in [2.24, 2.45) is 5.41 Å². The number of hydrogen-bond acceptors (Lipinski definition) is 5. The zero-order valence-corrected chi connectivity index (χ0v) is 9.73. The minimum atomic E-state index is -1.74. The second kappa shape index (κ2) is 3.04. The highest BCUT2D eigenvalue weighted by Crippen LogP contribution is 2.55. The first-order chi connectivity index (χ1) is 7.14. The molecule has 1 saturated heterocycles. The van der Waals surface area contributed by atoms with Crippen molar-refractivity contribution in [3.05, 3.63) is 0 Å². The van der Waals surface area contributed by atoms with Crippen LogP contribution in [0, 0.1) is 5.41 Å². The average Bonchev–Trinajstić information content (AvgIpc) is 2.26. The van der Waals surface area contributed by atoms with E-state index in [1.54, 1.807) is 20.8 Å². The first kappa shape index (κ1) is 12.0. The highest BCUT2D eigenvalue weighted by atomic mass is 16.6. The van der Waals surface area contributed by atoms with Crippen LogP contribution in [-0.4, -0.2) is 44.7 Å². The lowest BCUT2D eigenvalue weighted by molar-refractivity contribution is -0.228. The molecule has 0 bridgehead atoms. The van der Waals surface area contributed by atoms with E-state index in [-0.39, 0.29) is 6.42 Å². The van der Waals surface area contributed by atoms with Crippen LogP contribution in [-0.2, 0) is 9.53 Å². The van der Waals surface area contributed by atoms with Crippen LogP contribution in [0.2, 0.25) is 0 Å². The first-order valence-electron chi connectivity index (χ1n) is 5.45. The van der Waals surface area contributed by atoms with E-state index in [9.17, 15) is 20.1 Å². The summed E-state index contributed by atoms with van der Waals surface area (Å²) in [6.07, 6.45) is -1.78. The Kier molecular flexibility index (Phi) is 2.28. The van der Waals surface area contributed by atoms with Crippen LogP contribution in [0.4, 0.5) is 0 Å². The lowest BCUT2D eigenvalue weighted by Gasteiger charge is -2.52. The van der Waals surface area contributed by atoms with E-state index in [1.807, 2.05) is 0 Å². The summed E-state index contributed by atoms with van der Waals surface area (Å²) in [5.41, 5.74) is -3.78. The lowest BCUT2D eigenvalue weighted by Crippen LogP contribution is -2.66. The van der Waals surface area contributed by atoms with Gasteiger partial charge in [-0.05, 0) is 13.3 Å². The van der Waals surface area contributed by atoms with Gasteiger partial charge in [0.1, 0.15) is 5.60 Å². The Morgan fingerprint density at radius 2 is 1.81 bits per heavy atom. The van der Waals surface area contributed by atoms with Crippen molar-refractivity contribution in [2.75, 3.05) is 0 Å². The van der Waals surface area contributed by atoms with Crippen molar-refractivity contribution in [3.63, 3.8) is 0 Å². The summed E-state index contributed by atoms with van der Waals surface area (Å²) in [5, 5.41) is 29.8. The van der Waals surface area contributed by atoms with Crippen molar-refractivity contribution in [2.45, 2.75) is 57.2 Å². The Balaban J connectivity index is 2.53. The largest absolute Gasteiger partial charge is 0.393 e. The molecule has 1 heterocycles. The van der Waals surface area contributed by atoms with Gasteiger partial charge in [-0.3, -0.25) is 4.79 Å². The average molecular weight is 230 g/mol. The molecule has 2 fully saturated rings. The molecule has 0 unspecified atom stereocenters. The quantitative estimate of drug-likeness (QED) is 0.526. The SMILES string of the molecule is CC1(C)C[C@H](O)C[C@]2(C)O[C@@H](O)C(=O)[C@]12O. The van der Waals surface area contributed by atoms with Crippen LogP contribution in [0.1, 0.15) is 33.6 Å². The maximum atomic E-state index is 11.9. The molecule has 3 N–H and O–H groups in total. The minimum Gasteiger partial charge on any atom is -0.393 e. The van der Waals surface area contributed by atoms with Gasteiger partial charge in [-0.1, -0.05) is 13.8 Å². The van der Waals surface area contributed by atoms with Gasteiger partial charge in [0.2, 0.25) is 12.1 Å². The molecule has 0 aromatic rings. The number of ether oxygens (including phenoxy) is 1. The van der Waals surface area contributed by atoms with E-state index in [0.717, 1.165) is 0 Å². The summed E-state index contributed by atoms with van der Waals surface area (Å²) in [6.45, 7) is 4.96. The number of aliphatic hydroxyl groups excluding tert-OH is 2. The fourth-order valence-electron chi connectivity index (χ4n) is 3.33. The summed E-state index contributed by atoms with van der Waals surface area (Å²) in [5.74, 6) is -0.702. The fourth-order valence-corrected chi connectivity index (χ4v) is 3.33. The molecule has 2 aliphatic rings. The van der Waals surface area contributed by atoms with E-state index < -0.39 is 34.8 Å². The van der Waals surface area contributed by atoms with Gasteiger partial charge < -0.3 is 20.1 Å². The van der Waals surface area contributed by atoms with Crippen molar-refractivity contribution in [1.29, 1.82) is 0 Å². The Morgan fingerprint density at radius 3 is 2.38 bits per heavy atom. The van der Waals surface area contributed by atoms with Crippen molar-refractivity contribution in [3.8, 4) is 0 Å². The molecule has 5 heteroatoms. The molecule has 1 aliphatic heterocycles. The standard InChI is InChI=1S/C11H18O5/c1-9(2)4-6(12)5-10(3)11(9,15)7(13)8(14)16-10/h6,8,12,14-15H,4-5H2,1-3H3/t6-,8+,10-,11-/m0/s1. The van der Waals surface area contributed by atoms with E-state index in [2.05, 4.69) is 0 Å². The van der Waals surface area contributed by atoms with Crippen LogP contribution in [0.25, 0.3) is 0 Å². The van der Waals surface area contributed by atoms with Gasteiger partial charge in [-0.15, -0.1) is 0 Å². The van der Waals surface area contributed by atoms with Gasteiger partial charge >= 0.3 is 0 Å². The molecule has 1 saturated carbocycles. The monoisotopic (exact) mass is 230 g/mol. The predicted molar refractivity (Wildman–Crippen MR) is 54.5 cm³/mol. The zero-order valence-electron chi connectivity index (χ0n) is 9.73. The number of ketones is 1. The molecule has 16 heavy (non-hydrogen) atoms. The lowest BCUT2D eigenvalue weighted by atomic mass is 9.57. The Labute approximate surface area is 94.0 Å². The maximum absolute atomic E-state index is 11.9. The maximum Gasteiger partial charge on any atom is 0.223 e. The molecule has 0 spiro atoms. The number of rotatable bonds is 0. The molecule has 5 nitrogen and oxygen atoms in total. The molecule has 0 aromatic carbocycles. The van der Waals surface area contributed by atoms with Gasteiger partial charge in [0, 0.05) is 11.8 Å². The Bertz CT molecular complexity index is 339. The minimum absolute atomic E-state index is 0.149. The zero-order chi connectivity index (χ0) is 12.4. The fraction of sp³-hybridized carbons (Fsp3) is 0.909. The van der Waals surface area contributed by atoms with Crippen LogP contribution in [0.3, 0.4) is 0 Å². The second-order valence-corrected chi connectivity index (χ2v) is 5.72. The van der Waals surface area contributed by atoms with Gasteiger partial charge in [0.05, 0.1) is 6.10 Å². The summed E-state index contributed by atoms with van der Waals surface area (Å²) in [6, 6.07) is 0. The molecular formula is C11H18O5. The number of fused-ring (bicyclic) bond motifs is 1. The highest BCUT2D eigenvalue weighted by molar-refractivity contribution is 5.94. The van der Waals surface area contributed by atoms with Crippen LogP contribution in [0.5, 0.6) is 0 Å². The highest BCUT2D eigenvalue weighted by Gasteiger charge is 2.71. The second-order valence-electron chi connectivity index (χ2n) is 5.72. The summed E-state index contributed by atoms with van der Waals surface area (Å²) >= 11 is 0. The normalized spacial score (nSPS) is 51.5. The number of carbonyl (C=O) groups is 1. The molecule has 0 aromatic heterocycles. The first-order valence-corrected chi connectivity index (χ1v) is 5.45. The summed E-state index contributed by atoms with van der Waals surface area (Å²) in [4.78, 5) is 11.9. The van der Waals surface area contributed by atoms with E-state index in [4.69, 9.17) is 4.74 Å². The van der Waals surface area contributed by atoms with Crippen LogP contribution < -0.4 is 0 Å². The van der Waals surface area contributed by atoms with Gasteiger partial charge in [0.25, 0.3) is 0 Å². The van der Waals surface area contributed by atoms with E-state index >= 15 is 0 Å².